The predicted octanol–water partition coefficient (Wildman–Crippen LogP) is 5.43. The minimum Gasteiger partial charge on any atom is -0.497 e. The first-order valence-corrected chi connectivity index (χ1v) is 9.98. The number of halogens is 4. The smallest absolute Gasteiger partial charge is 0.417 e. The summed E-state index contributed by atoms with van der Waals surface area (Å²) in [4.78, 5) is 16.4. The van der Waals surface area contributed by atoms with Gasteiger partial charge in [0, 0.05) is 17.6 Å². The molecule has 0 saturated heterocycles. The Hall–Kier alpha value is -2.78. The molecule has 0 fully saturated rings. The van der Waals surface area contributed by atoms with E-state index in [0.717, 1.165) is 17.4 Å². The highest BCUT2D eigenvalue weighted by atomic mass is 35.5. The van der Waals surface area contributed by atoms with Crippen LogP contribution in [-0.4, -0.2) is 18.0 Å². The summed E-state index contributed by atoms with van der Waals surface area (Å²) in [5, 5.41) is 7.29. The Bertz CT molecular complexity index is 1020. The second-order valence-corrected chi connectivity index (χ2v) is 7.53. The zero-order chi connectivity index (χ0) is 21.7. The lowest BCUT2D eigenvalue weighted by Gasteiger charge is -2.11. The number of rotatable bonds is 7. The van der Waals surface area contributed by atoms with Crippen LogP contribution in [0, 0.1) is 0 Å². The van der Waals surface area contributed by atoms with Gasteiger partial charge in [0.05, 0.1) is 29.8 Å². The molecule has 1 aromatic heterocycles. The summed E-state index contributed by atoms with van der Waals surface area (Å²) in [6.07, 6.45) is -4.49. The number of benzene rings is 2. The van der Waals surface area contributed by atoms with E-state index in [4.69, 9.17) is 16.3 Å². The van der Waals surface area contributed by atoms with Crippen LogP contribution in [0.5, 0.6) is 5.75 Å². The van der Waals surface area contributed by atoms with Crippen LogP contribution < -0.4 is 15.4 Å². The molecule has 0 saturated carbocycles. The van der Waals surface area contributed by atoms with Gasteiger partial charge >= 0.3 is 6.18 Å². The molecule has 10 heteroatoms. The lowest BCUT2D eigenvalue weighted by molar-refractivity contribution is -0.137. The third-order valence-electron chi connectivity index (χ3n) is 4.07. The normalized spacial score (nSPS) is 11.2. The summed E-state index contributed by atoms with van der Waals surface area (Å²) < 4.78 is 44.0. The summed E-state index contributed by atoms with van der Waals surface area (Å²) >= 11 is 6.81. The molecule has 2 aromatic carbocycles. The first-order chi connectivity index (χ1) is 14.2. The second kappa shape index (κ2) is 9.36. The fourth-order valence-electron chi connectivity index (χ4n) is 2.56. The number of methoxy groups -OCH3 is 1. The van der Waals surface area contributed by atoms with Crippen LogP contribution >= 0.6 is 22.9 Å². The standard InChI is InChI=1S/C20H17ClF3N3O2S/c1-29-15-5-2-12(3-6-15)10-25-18(28)9-14-11-30-19(27-14)26-13-4-7-17(21)16(8-13)20(22,23)24/h2-8,11H,9-10H2,1H3,(H,25,28)(H,26,27). The molecule has 0 unspecified atom stereocenters. The van der Waals surface area contributed by atoms with Gasteiger partial charge < -0.3 is 15.4 Å². The van der Waals surface area contributed by atoms with Crippen LogP contribution in [0.15, 0.2) is 47.8 Å². The quantitative estimate of drug-likeness (QED) is 0.499. The van der Waals surface area contributed by atoms with Crippen molar-refractivity contribution in [1.82, 2.24) is 10.3 Å². The van der Waals surface area contributed by atoms with E-state index in [1.807, 2.05) is 12.1 Å². The molecule has 30 heavy (non-hydrogen) atoms. The van der Waals surface area contributed by atoms with Crippen molar-refractivity contribution in [3.05, 3.63) is 69.7 Å². The van der Waals surface area contributed by atoms with Gasteiger partial charge in [-0.25, -0.2) is 4.98 Å². The topological polar surface area (TPSA) is 63.2 Å². The van der Waals surface area contributed by atoms with Gasteiger partial charge in [0.25, 0.3) is 0 Å². The molecular weight excluding hydrogens is 439 g/mol. The largest absolute Gasteiger partial charge is 0.497 e. The van der Waals surface area contributed by atoms with Crippen molar-refractivity contribution in [3.8, 4) is 5.75 Å². The predicted molar refractivity (Wildman–Crippen MR) is 110 cm³/mol. The number of alkyl halides is 3. The molecule has 0 aliphatic carbocycles. The molecule has 158 valence electrons. The average molecular weight is 456 g/mol. The third-order valence-corrected chi connectivity index (χ3v) is 5.20. The van der Waals surface area contributed by atoms with Crippen LogP contribution in [-0.2, 0) is 23.9 Å². The summed E-state index contributed by atoms with van der Waals surface area (Å²) in [5.41, 5.74) is 0.716. The minimum atomic E-state index is -4.55. The van der Waals surface area contributed by atoms with Gasteiger partial charge in [-0.05, 0) is 35.9 Å². The average Bonchev–Trinajstić information content (AvgIpc) is 3.14. The number of ether oxygens (including phenoxy) is 1. The summed E-state index contributed by atoms with van der Waals surface area (Å²) in [7, 11) is 1.58. The maximum atomic E-state index is 13.0. The Kier molecular flexibility index (Phi) is 6.84. The van der Waals surface area contributed by atoms with Gasteiger partial charge in [0.1, 0.15) is 5.75 Å². The number of thiazole rings is 1. The minimum absolute atomic E-state index is 0.0583. The van der Waals surface area contributed by atoms with E-state index in [-0.39, 0.29) is 23.0 Å². The lowest BCUT2D eigenvalue weighted by atomic mass is 10.2. The fourth-order valence-corrected chi connectivity index (χ4v) is 3.52. The fraction of sp³-hybridized carbons (Fsp3) is 0.200. The Morgan fingerprint density at radius 2 is 1.93 bits per heavy atom. The molecule has 0 spiro atoms. The van der Waals surface area contributed by atoms with Crippen molar-refractivity contribution in [1.29, 1.82) is 0 Å². The molecule has 1 heterocycles. The molecule has 0 atom stereocenters. The van der Waals surface area contributed by atoms with E-state index in [9.17, 15) is 18.0 Å². The van der Waals surface area contributed by atoms with E-state index in [2.05, 4.69) is 15.6 Å². The number of nitrogens with zero attached hydrogens (tertiary/aromatic N) is 1. The summed E-state index contributed by atoms with van der Waals surface area (Å²) in [6, 6.07) is 10.8. The number of carbonyl (C=O) groups is 1. The first kappa shape index (κ1) is 21.9. The van der Waals surface area contributed by atoms with Crippen LogP contribution in [0.3, 0.4) is 0 Å². The summed E-state index contributed by atoms with van der Waals surface area (Å²) in [6.45, 7) is 0.364. The monoisotopic (exact) mass is 455 g/mol. The number of hydrogen-bond donors (Lipinski definition) is 2. The number of hydrogen-bond acceptors (Lipinski definition) is 5. The summed E-state index contributed by atoms with van der Waals surface area (Å²) in [5.74, 6) is 0.518. The van der Waals surface area contributed by atoms with Crippen molar-refractivity contribution in [2.75, 3.05) is 12.4 Å². The number of anilines is 2. The first-order valence-electron chi connectivity index (χ1n) is 8.72. The van der Waals surface area contributed by atoms with Crippen molar-refractivity contribution in [2.45, 2.75) is 19.1 Å². The van der Waals surface area contributed by atoms with Crippen molar-refractivity contribution in [3.63, 3.8) is 0 Å². The maximum Gasteiger partial charge on any atom is 0.417 e. The SMILES string of the molecule is COc1ccc(CNC(=O)Cc2csc(Nc3ccc(Cl)c(C(F)(F)F)c3)n2)cc1. The zero-order valence-corrected chi connectivity index (χ0v) is 17.3. The molecule has 3 aromatic rings. The Balaban J connectivity index is 1.56. The highest BCUT2D eigenvalue weighted by Gasteiger charge is 2.33. The molecule has 3 rings (SSSR count). The third kappa shape index (κ3) is 5.87. The molecule has 1 amide bonds. The number of aromatic nitrogens is 1. The number of carbonyl (C=O) groups excluding carboxylic acids is 1. The Morgan fingerprint density at radius 3 is 2.60 bits per heavy atom. The Labute approximate surface area is 179 Å². The molecule has 5 nitrogen and oxygen atoms in total. The molecule has 2 N–H and O–H groups in total. The van der Waals surface area contributed by atoms with Gasteiger partial charge in [0.15, 0.2) is 5.13 Å². The zero-order valence-electron chi connectivity index (χ0n) is 15.7. The molecular formula is C20H17ClF3N3O2S. The van der Waals surface area contributed by atoms with E-state index < -0.39 is 11.7 Å². The number of nitrogens with one attached hydrogen (secondary N) is 2. The lowest BCUT2D eigenvalue weighted by Crippen LogP contribution is -2.24. The van der Waals surface area contributed by atoms with E-state index in [1.165, 1.54) is 23.5 Å². The highest BCUT2D eigenvalue weighted by molar-refractivity contribution is 7.13. The van der Waals surface area contributed by atoms with Gasteiger partial charge in [-0.1, -0.05) is 23.7 Å². The van der Waals surface area contributed by atoms with Crippen LogP contribution in [0.1, 0.15) is 16.8 Å². The number of amides is 1. The van der Waals surface area contributed by atoms with Gasteiger partial charge in [0.2, 0.25) is 5.91 Å². The van der Waals surface area contributed by atoms with Gasteiger partial charge in [-0.2, -0.15) is 13.2 Å². The van der Waals surface area contributed by atoms with Crippen LogP contribution in [0.4, 0.5) is 24.0 Å². The molecule has 0 aliphatic rings. The van der Waals surface area contributed by atoms with Crippen LogP contribution in [0.2, 0.25) is 5.02 Å². The maximum absolute atomic E-state index is 13.0. The van der Waals surface area contributed by atoms with E-state index in [0.29, 0.717) is 17.4 Å². The van der Waals surface area contributed by atoms with Crippen molar-refractivity contribution >= 4 is 39.7 Å². The molecule has 0 bridgehead atoms. The molecule has 0 radical (unpaired) electrons. The van der Waals surface area contributed by atoms with E-state index in [1.54, 1.807) is 24.6 Å². The van der Waals surface area contributed by atoms with Crippen molar-refractivity contribution < 1.29 is 22.7 Å². The Morgan fingerprint density at radius 1 is 1.20 bits per heavy atom. The van der Waals surface area contributed by atoms with Crippen LogP contribution in [0.25, 0.3) is 0 Å². The van der Waals surface area contributed by atoms with Gasteiger partial charge in [-0.15, -0.1) is 11.3 Å². The van der Waals surface area contributed by atoms with Crippen molar-refractivity contribution in [2.24, 2.45) is 0 Å². The molecule has 0 aliphatic heterocycles. The second-order valence-electron chi connectivity index (χ2n) is 6.26. The van der Waals surface area contributed by atoms with E-state index >= 15 is 0 Å². The van der Waals surface area contributed by atoms with Gasteiger partial charge in [-0.3, -0.25) is 4.79 Å². The highest BCUT2D eigenvalue weighted by Crippen LogP contribution is 2.36.